The Morgan fingerprint density at radius 1 is 1.24 bits per heavy atom. The zero-order valence-corrected chi connectivity index (χ0v) is 16.1. The van der Waals surface area contributed by atoms with Crippen molar-refractivity contribution in [2.45, 2.75) is 32.7 Å². The van der Waals surface area contributed by atoms with Gasteiger partial charge in [-0.15, -0.1) is 0 Å². The number of nitrogens with zero attached hydrogens (tertiary/aromatic N) is 5. The quantitative estimate of drug-likeness (QED) is 0.660. The third kappa shape index (κ3) is 2.66. The van der Waals surface area contributed by atoms with E-state index < -0.39 is 0 Å². The van der Waals surface area contributed by atoms with Crippen molar-refractivity contribution in [3.05, 3.63) is 51.6 Å². The Morgan fingerprint density at radius 2 is 2.04 bits per heavy atom. The van der Waals surface area contributed by atoms with Gasteiger partial charge in [0.05, 0.1) is 17.4 Å². The van der Waals surface area contributed by atoms with Crippen LogP contribution in [-0.2, 0) is 7.05 Å². The fourth-order valence-electron chi connectivity index (χ4n) is 3.81. The molecular formula is C18H20BrN5O. The molecule has 3 aromatic rings. The van der Waals surface area contributed by atoms with Crippen LogP contribution in [0.1, 0.15) is 46.3 Å². The molecule has 0 saturated carbocycles. The van der Waals surface area contributed by atoms with Gasteiger partial charge < -0.3 is 4.90 Å². The van der Waals surface area contributed by atoms with Crippen molar-refractivity contribution in [1.82, 2.24) is 24.1 Å². The minimum absolute atomic E-state index is 0.0360. The first-order valence-corrected chi connectivity index (χ1v) is 9.20. The molecular weight excluding hydrogens is 382 g/mol. The molecule has 1 fully saturated rings. The number of amides is 1. The van der Waals surface area contributed by atoms with E-state index in [-0.39, 0.29) is 11.9 Å². The molecule has 0 radical (unpaired) electrons. The molecule has 0 N–H and O–H groups in total. The van der Waals surface area contributed by atoms with E-state index in [0.29, 0.717) is 5.69 Å². The highest BCUT2D eigenvalue weighted by Crippen LogP contribution is 2.35. The number of halogens is 1. The fourth-order valence-corrected chi connectivity index (χ4v) is 4.15. The molecule has 4 heterocycles. The second-order valence-corrected chi connectivity index (χ2v) is 7.54. The van der Waals surface area contributed by atoms with Gasteiger partial charge in [0.2, 0.25) is 0 Å². The van der Waals surface area contributed by atoms with E-state index in [1.54, 1.807) is 0 Å². The monoisotopic (exact) mass is 401 g/mol. The van der Waals surface area contributed by atoms with Crippen molar-refractivity contribution in [3.8, 4) is 0 Å². The Labute approximate surface area is 154 Å². The molecule has 0 aliphatic carbocycles. The van der Waals surface area contributed by atoms with Crippen LogP contribution in [0.15, 0.2) is 29.0 Å². The van der Waals surface area contributed by atoms with Crippen LogP contribution in [0.2, 0.25) is 0 Å². The van der Waals surface area contributed by atoms with Crippen LogP contribution in [0.4, 0.5) is 0 Å². The second-order valence-electron chi connectivity index (χ2n) is 6.62. The van der Waals surface area contributed by atoms with Crippen molar-refractivity contribution >= 4 is 27.5 Å². The summed E-state index contributed by atoms with van der Waals surface area (Å²) in [6, 6.07) is 3.94. The van der Waals surface area contributed by atoms with Crippen molar-refractivity contribution in [1.29, 1.82) is 0 Å². The third-order valence-electron chi connectivity index (χ3n) is 4.88. The standard InChI is InChI=1S/C18H20BrN5O/c1-11-14(10-22(3)21-11)15-5-4-8-23(15)18(25)17-12(2)20-16-7-6-13(19)9-24(16)17/h6-7,9-10,15H,4-5,8H2,1-3H3. The summed E-state index contributed by atoms with van der Waals surface area (Å²) in [7, 11) is 1.92. The van der Waals surface area contributed by atoms with E-state index >= 15 is 0 Å². The zero-order chi connectivity index (χ0) is 17.7. The van der Waals surface area contributed by atoms with E-state index in [2.05, 4.69) is 26.0 Å². The van der Waals surface area contributed by atoms with Crippen molar-refractivity contribution < 1.29 is 4.79 Å². The summed E-state index contributed by atoms with van der Waals surface area (Å²) in [5.74, 6) is 0.0360. The van der Waals surface area contributed by atoms with Crippen LogP contribution >= 0.6 is 15.9 Å². The minimum atomic E-state index is 0.0360. The highest BCUT2D eigenvalue weighted by molar-refractivity contribution is 9.10. The van der Waals surface area contributed by atoms with Crippen molar-refractivity contribution in [2.75, 3.05) is 6.54 Å². The maximum Gasteiger partial charge on any atom is 0.273 e. The zero-order valence-electron chi connectivity index (χ0n) is 14.5. The molecule has 4 rings (SSSR count). The molecule has 0 aromatic carbocycles. The molecule has 0 spiro atoms. The summed E-state index contributed by atoms with van der Waals surface area (Å²) in [4.78, 5) is 19.9. The Morgan fingerprint density at radius 3 is 2.76 bits per heavy atom. The number of hydrogen-bond acceptors (Lipinski definition) is 3. The van der Waals surface area contributed by atoms with Gasteiger partial charge in [-0.25, -0.2) is 4.98 Å². The largest absolute Gasteiger partial charge is 0.330 e. The molecule has 3 aromatic heterocycles. The van der Waals surface area contributed by atoms with Crippen molar-refractivity contribution in [3.63, 3.8) is 0 Å². The Bertz CT molecular complexity index is 973. The van der Waals surface area contributed by atoms with Crippen LogP contribution in [0.5, 0.6) is 0 Å². The summed E-state index contributed by atoms with van der Waals surface area (Å²) in [6.45, 7) is 4.67. The maximum absolute atomic E-state index is 13.4. The van der Waals surface area contributed by atoms with Gasteiger partial charge in [0, 0.05) is 36.0 Å². The molecule has 1 amide bonds. The molecule has 1 atom stereocenters. The molecule has 1 unspecified atom stereocenters. The summed E-state index contributed by atoms with van der Waals surface area (Å²) >= 11 is 3.48. The number of carbonyl (C=O) groups excluding carboxylic acids is 1. The first kappa shape index (κ1) is 16.3. The molecule has 0 bridgehead atoms. The number of imidazole rings is 1. The van der Waals surface area contributed by atoms with Crippen LogP contribution in [0.3, 0.4) is 0 Å². The van der Waals surface area contributed by atoms with Crippen LogP contribution < -0.4 is 0 Å². The van der Waals surface area contributed by atoms with Gasteiger partial charge >= 0.3 is 0 Å². The number of likely N-dealkylation sites (tertiary alicyclic amines) is 1. The average molecular weight is 402 g/mol. The molecule has 1 aliphatic rings. The molecule has 25 heavy (non-hydrogen) atoms. The first-order valence-electron chi connectivity index (χ1n) is 8.41. The van der Waals surface area contributed by atoms with Gasteiger partial charge in [-0.05, 0) is 54.8 Å². The van der Waals surface area contributed by atoms with Crippen LogP contribution in [-0.4, -0.2) is 36.5 Å². The van der Waals surface area contributed by atoms with Gasteiger partial charge in [-0.1, -0.05) is 0 Å². The predicted molar refractivity (Wildman–Crippen MR) is 98.6 cm³/mol. The Balaban J connectivity index is 1.77. The normalized spacial score (nSPS) is 17.6. The highest BCUT2D eigenvalue weighted by atomic mass is 79.9. The maximum atomic E-state index is 13.4. The molecule has 1 aliphatic heterocycles. The SMILES string of the molecule is Cc1nn(C)cc1C1CCCN1C(=O)c1c(C)nc2ccc(Br)cn12. The topological polar surface area (TPSA) is 55.4 Å². The third-order valence-corrected chi connectivity index (χ3v) is 5.35. The number of aromatic nitrogens is 4. The smallest absolute Gasteiger partial charge is 0.273 e. The van der Waals surface area contributed by atoms with Gasteiger partial charge in [0.15, 0.2) is 0 Å². The van der Waals surface area contributed by atoms with E-state index in [4.69, 9.17) is 0 Å². The molecule has 7 heteroatoms. The summed E-state index contributed by atoms with van der Waals surface area (Å²) in [6.07, 6.45) is 5.91. The molecule has 6 nitrogen and oxygen atoms in total. The number of rotatable bonds is 2. The number of carbonyl (C=O) groups is 1. The number of fused-ring (bicyclic) bond motifs is 1. The Kier molecular flexibility index (Phi) is 3.91. The van der Waals surface area contributed by atoms with Gasteiger partial charge in [-0.2, -0.15) is 5.10 Å². The lowest BCUT2D eigenvalue weighted by molar-refractivity contribution is 0.0727. The summed E-state index contributed by atoms with van der Waals surface area (Å²) in [5, 5.41) is 4.45. The van der Waals surface area contributed by atoms with Crippen LogP contribution in [0, 0.1) is 13.8 Å². The first-order chi connectivity index (χ1) is 12.0. The van der Waals surface area contributed by atoms with E-state index in [9.17, 15) is 4.79 Å². The van der Waals surface area contributed by atoms with Gasteiger partial charge in [0.1, 0.15) is 11.3 Å². The predicted octanol–water partition coefficient (Wildman–Crippen LogP) is 3.42. The lowest BCUT2D eigenvalue weighted by Gasteiger charge is -2.24. The van der Waals surface area contributed by atoms with E-state index in [1.165, 1.54) is 0 Å². The summed E-state index contributed by atoms with van der Waals surface area (Å²) < 4.78 is 4.63. The lowest BCUT2D eigenvalue weighted by atomic mass is 10.1. The lowest BCUT2D eigenvalue weighted by Crippen LogP contribution is -2.32. The second kappa shape index (κ2) is 5.98. The average Bonchev–Trinajstić information content (AvgIpc) is 3.23. The molecule has 130 valence electrons. The van der Waals surface area contributed by atoms with Crippen molar-refractivity contribution in [2.24, 2.45) is 7.05 Å². The Hall–Kier alpha value is -2.15. The number of pyridine rings is 1. The minimum Gasteiger partial charge on any atom is -0.330 e. The van der Waals surface area contributed by atoms with Gasteiger partial charge in [-0.3, -0.25) is 13.9 Å². The summed E-state index contributed by atoms with van der Waals surface area (Å²) in [5.41, 5.74) is 4.32. The fraction of sp³-hybridized carbons (Fsp3) is 0.389. The number of aryl methyl sites for hydroxylation is 3. The van der Waals surface area contributed by atoms with E-state index in [0.717, 1.165) is 46.5 Å². The van der Waals surface area contributed by atoms with E-state index in [1.807, 2.05) is 59.4 Å². The highest BCUT2D eigenvalue weighted by Gasteiger charge is 2.34. The number of hydrogen-bond donors (Lipinski definition) is 0. The van der Waals surface area contributed by atoms with Gasteiger partial charge in [0.25, 0.3) is 5.91 Å². The van der Waals surface area contributed by atoms with Crippen LogP contribution in [0.25, 0.3) is 5.65 Å². The molecule has 1 saturated heterocycles.